The minimum Gasteiger partial charge on any atom is -0.440 e. The minimum absolute atomic E-state index is 0.264. The van der Waals surface area contributed by atoms with Crippen molar-refractivity contribution in [2.75, 3.05) is 5.84 Å². The lowest BCUT2D eigenvalue weighted by Crippen LogP contribution is -2.29. The van der Waals surface area contributed by atoms with Gasteiger partial charge >= 0.3 is 0 Å². The van der Waals surface area contributed by atoms with Gasteiger partial charge in [0.2, 0.25) is 5.89 Å². The fraction of sp³-hybridized carbons (Fsp3) is 0.0455. The lowest BCUT2D eigenvalue weighted by atomic mass is 10.1. The smallest absolute Gasteiger partial charge is 0.282 e. The van der Waals surface area contributed by atoms with Gasteiger partial charge in [-0.2, -0.15) is 0 Å². The Balaban J connectivity index is 1.43. The highest BCUT2D eigenvalue weighted by Crippen LogP contribution is 2.32. The molecule has 0 spiro atoms. The zero-order chi connectivity index (χ0) is 20.5. The molecule has 148 valence electrons. The molecular formula is C22H16N4O2S2. The summed E-state index contributed by atoms with van der Waals surface area (Å²) in [6.07, 6.45) is 1.70. The van der Waals surface area contributed by atoms with Crippen LogP contribution in [0.3, 0.4) is 0 Å². The van der Waals surface area contributed by atoms with Crippen molar-refractivity contribution in [1.29, 1.82) is 0 Å². The van der Waals surface area contributed by atoms with Crippen LogP contribution in [0, 0.1) is 0 Å². The number of rotatable bonds is 5. The van der Waals surface area contributed by atoms with Crippen molar-refractivity contribution in [3.05, 3.63) is 88.5 Å². The number of fused-ring (bicyclic) bond motifs is 1. The molecule has 0 unspecified atom stereocenters. The van der Waals surface area contributed by atoms with Crippen molar-refractivity contribution >= 4 is 33.3 Å². The molecule has 0 aliphatic rings. The molecule has 0 atom stereocenters. The summed E-state index contributed by atoms with van der Waals surface area (Å²) in [5.41, 5.74) is 2.52. The summed E-state index contributed by atoms with van der Waals surface area (Å²) < 4.78 is 6.93. The fourth-order valence-electron chi connectivity index (χ4n) is 3.16. The SMILES string of the molecule is Nn1c(SCc2ncc(-c3ccccc3)o2)nc2scc(-c3ccccc3)c2c1=O. The third-order valence-corrected chi connectivity index (χ3v) is 6.44. The molecule has 0 saturated heterocycles. The van der Waals surface area contributed by atoms with Crippen LogP contribution in [0.2, 0.25) is 0 Å². The molecule has 6 nitrogen and oxygen atoms in total. The van der Waals surface area contributed by atoms with Crippen LogP contribution in [0.25, 0.3) is 32.7 Å². The molecule has 0 aliphatic carbocycles. The van der Waals surface area contributed by atoms with Crippen LogP contribution in [0.4, 0.5) is 0 Å². The highest BCUT2D eigenvalue weighted by atomic mass is 32.2. The lowest BCUT2D eigenvalue weighted by Gasteiger charge is -2.06. The Morgan fingerprint density at radius 2 is 1.73 bits per heavy atom. The van der Waals surface area contributed by atoms with E-state index in [1.54, 1.807) is 6.20 Å². The van der Waals surface area contributed by atoms with Crippen LogP contribution in [-0.2, 0) is 5.75 Å². The van der Waals surface area contributed by atoms with Gasteiger partial charge in [-0.25, -0.2) is 14.6 Å². The number of aromatic nitrogens is 3. The zero-order valence-electron chi connectivity index (χ0n) is 15.7. The molecule has 2 aromatic carbocycles. The van der Waals surface area contributed by atoms with Gasteiger partial charge < -0.3 is 10.3 Å². The number of hydrogen-bond acceptors (Lipinski definition) is 7. The molecule has 0 fully saturated rings. The van der Waals surface area contributed by atoms with Crippen molar-refractivity contribution < 1.29 is 4.42 Å². The molecule has 5 aromatic rings. The Labute approximate surface area is 180 Å². The molecule has 8 heteroatoms. The summed E-state index contributed by atoms with van der Waals surface area (Å²) in [6.45, 7) is 0. The van der Waals surface area contributed by atoms with Gasteiger partial charge in [-0.05, 0) is 5.56 Å². The van der Waals surface area contributed by atoms with Crippen molar-refractivity contribution in [2.24, 2.45) is 0 Å². The number of benzene rings is 2. The first-order chi connectivity index (χ1) is 14.7. The largest absolute Gasteiger partial charge is 0.440 e. The first-order valence-electron chi connectivity index (χ1n) is 9.18. The molecule has 0 aliphatic heterocycles. The number of nitrogens with zero attached hydrogens (tertiary/aromatic N) is 3. The summed E-state index contributed by atoms with van der Waals surface area (Å²) >= 11 is 2.76. The second-order valence-corrected chi connectivity index (χ2v) is 8.34. The highest BCUT2D eigenvalue weighted by molar-refractivity contribution is 7.98. The van der Waals surface area contributed by atoms with E-state index in [0.29, 0.717) is 32.8 Å². The standard InChI is InChI=1S/C22H16N4O2S2/c23-26-21(27)19-16(14-7-3-1-4-8-14)12-29-20(19)25-22(26)30-13-18-24-11-17(28-18)15-9-5-2-6-10-15/h1-12H,13,23H2. The van der Waals surface area contributed by atoms with Crippen LogP contribution in [-0.4, -0.2) is 14.6 Å². The minimum atomic E-state index is -0.264. The maximum absolute atomic E-state index is 13.0. The van der Waals surface area contributed by atoms with E-state index in [1.807, 2.05) is 66.0 Å². The maximum Gasteiger partial charge on any atom is 0.282 e. The van der Waals surface area contributed by atoms with E-state index in [9.17, 15) is 4.79 Å². The van der Waals surface area contributed by atoms with Gasteiger partial charge in [0.25, 0.3) is 5.56 Å². The molecule has 0 radical (unpaired) electrons. The molecule has 2 N–H and O–H groups in total. The summed E-state index contributed by atoms with van der Waals surface area (Å²) in [5, 5.41) is 2.91. The van der Waals surface area contributed by atoms with E-state index >= 15 is 0 Å². The zero-order valence-corrected chi connectivity index (χ0v) is 17.3. The van der Waals surface area contributed by atoms with Gasteiger partial charge in [-0.15, -0.1) is 11.3 Å². The first kappa shape index (κ1) is 18.7. The highest BCUT2D eigenvalue weighted by Gasteiger charge is 2.17. The van der Waals surface area contributed by atoms with Crippen LogP contribution < -0.4 is 11.4 Å². The van der Waals surface area contributed by atoms with Crippen molar-refractivity contribution in [3.8, 4) is 22.5 Å². The average Bonchev–Trinajstić information content (AvgIpc) is 3.44. The molecule has 0 bridgehead atoms. The summed E-state index contributed by atoms with van der Waals surface area (Å²) in [4.78, 5) is 22.6. The number of oxazole rings is 1. The molecule has 0 amide bonds. The quantitative estimate of drug-likeness (QED) is 0.244. The van der Waals surface area contributed by atoms with Crippen molar-refractivity contribution in [3.63, 3.8) is 0 Å². The third-order valence-electron chi connectivity index (χ3n) is 4.63. The summed E-state index contributed by atoms with van der Waals surface area (Å²) in [7, 11) is 0. The summed E-state index contributed by atoms with van der Waals surface area (Å²) in [6, 6.07) is 19.5. The fourth-order valence-corrected chi connectivity index (χ4v) is 4.92. The van der Waals surface area contributed by atoms with E-state index in [2.05, 4.69) is 9.97 Å². The van der Waals surface area contributed by atoms with E-state index in [0.717, 1.165) is 21.4 Å². The molecule has 0 saturated carbocycles. The van der Waals surface area contributed by atoms with E-state index in [1.165, 1.54) is 23.1 Å². The Morgan fingerprint density at radius 1 is 1.03 bits per heavy atom. The second kappa shape index (κ2) is 7.81. The molecule has 5 rings (SSSR count). The normalized spacial score (nSPS) is 11.2. The van der Waals surface area contributed by atoms with Crippen molar-refractivity contribution in [2.45, 2.75) is 10.9 Å². The molecular weight excluding hydrogens is 416 g/mol. The van der Waals surface area contributed by atoms with E-state index < -0.39 is 0 Å². The van der Waals surface area contributed by atoms with Gasteiger partial charge in [0.05, 0.1) is 17.3 Å². The predicted octanol–water partition coefficient (Wildman–Crippen LogP) is 4.79. The van der Waals surface area contributed by atoms with E-state index in [-0.39, 0.29) is 5.56 Å². The van der Waals surface area contributed by atoms with Crippen LogP contribution in [0.15, 0.2) is 86.6 Å². The third kappa shape index (κ3) is 3.40. The first-order valence-corrected chi connectivity index (χ1v) is 11.0. The second-order valence-electron chi connectivity index (χ2n) is 6.54. The maximum atomic E-state index is 13.0. The number of thioether (sulfide) groups is 1. The molecule has 3 aromatic heterocycles. The summed E-state index contributed by atoms with van der Waals surface area (Å²) in [5.74, 6) is 7.75. The van der Waals surface area contributed by atoms with Crippen molar-refractivity contribution in [1.82, 2.24) is 14.6 Å². The Kier molecular flexibility index (Phi) is 4.86. The monoisotopic (exact) mass is 432 g/mol. The lowest BCUT2D eigenvalue weighted by molar-refractivity contribution is 0.529. The predicted molar refractivity (Wildman–Crippen MR) is 121 cm³/mol. The molecule has 3 heterocycles. The Bertz CT molecular complexity index is 1380. The van der Waals surface area contributed by atoms with Gasteiger partial charge in [-0.3, -0.25) is 4.79 Å². The van der Waals surface area contributed by atoms with Crippen LogP contribution >= 0.6 is 23.1 Å². The number of nitrogens with two attached hydrogens (primary N) is 1. The van der Waals surface area contributed by atoms with Gasteiger partial charge in [0.15, 0.2) is 10.9 Å². The Morgan fingerprint density at radius 3 is 2.47 bits per heavy atom. The average molecular weight is 433 g/mol. The van der Waals surface area contributed by atoms with E-state index in [4.69, 9.17) is 10.3 Å². The van der Waals surface area contributed by atoms with Gasteiger partial charge in [0, 0.05) is 16.5 Å². The van der Waals surface area contributed by atoms with Crippen LogP contribution in [0.5, 0.6) is 0 Å². The number of thiophene rings is 1. The van der Waals surface area contributed by atoms with Crippen LogP contribution in [0.1, 0.15) is 5.89 Å². The number of hydrogen-bond donors (Lipinski definition) is 1. The van der Waals surface area contributed by atoms with Gasteiger partial charge in [0.1, 0.15) is 4.83 Å². The van der Waals surface area contributed by atoms with Gasteiger partial charge in [-0.1, -0.05) is 72.4 Å². The Hall–Kier alpha value is -3.36. The topological polar surface area (TPSA) is 86.9 Å². The number of nitrogen functional groups attached to an aromatic ring is 1. The molecule has 30 heavy (non-hydrogen) atoms.